The van der Waals surface area contributed by atoms with Crippen LogP contribution in [0.5, 0.6) is 5.75 Å². The molecule has 0 aliphatic carbocycles. The van der Waals surface area contributed by atoms with Crippen molar-refractivity contribution in [2.75, 3.05) is 13.2 Å². The van der Waals surface area contributed by atoms with Gasteiger partial charge in [0, 0.05) is 12.0 Å². The average Bonchev–Trinajstić information content (AvgIpc) is 2.55. The Kier molecular flexibility index (Phi) is 6.05. The fourth-order valence-electron chi connectivity index (χ4n) is 2.26. The first-order valence-corrected chi connectivity index (χ1v) is 7.18. The zero-order chi connectivity index (χ0) is 17.0. The van der Waals surface area contributed by atoms with Gasteiger partial charge in [0.1, 0.15) is 30.2 Å². The quantitative estimate of drug-likeness (QED) is 0.410. The van der Waals surface area contributed by atoms with Crippen molar-refractivity contribution >= 4 is 5.78 Å². The third-order valence-electron chi connectivity index (χ3n) is 3.65. The van der Waals surface area contributed by atoms with Gasteiger partial charge in [0.2, 0.25) is 0 Å². The highest BCUT2D eigenvalue weighted by Crippen LogP contribution is 2.22. The highest BCUT2D eigenvalue weighted by Gasteiger charge is 2.43. The third kappa shape index (κ3) is 4.25. The summed E-state index contributed by atoms with van der Waals surface area (Å²) in [5, 5.41) is 47.3. The minimum atomic E-state index is -1.52. The lowest BCUT2D eigenvalue weighted by molar-refractivity contribution is -0.300. The van der Waals surface area contributed by atoms with E-state index in [-0.39, 0.29) is 24.6 Å². The van der Waals surface area contributed by atoms with Crippen LogP contribution in [0.4, 0.5) is 0 Å². The molecule has 2 rings (SSSR count). The van der Waals surface area contributed by atoms with Crippen molar-refractivity contribution in [3.8, 4) is 5.75 Å². The number of aliphatic hydroxyl groups is 4. The van der Waals surface area contributed by atoms with Crippen molar-refractivity contribution < 1.29 is 39.8 Å². The van der Waals surface area contributed by atoms with Gasteiger partial charge in [-0.3, -0.25) is 4.79 Å². The molecule has 0 bridgehead atoms. The molecule has 1 fully saturated rings. The number of phenols is 1. The Morgan fingerprint density at radius 2 is 1.74 bits per heavy atom. The summed E-state index contributed by atoms with van der Waals surface area (Å²) in [5.41, 5.74) is 0.403. The normalized spacial score (nSPS) is 31.0. The summed E-state index contributed by atoms with van der Waals surface area (Å²) in [7, 11) is 0. The molecule has 1 aliphatic rings. The van der Waals surface area contributed by atoms with E-state index in [9.17, 15) is 20.1 Å². The van der Waals surface area contributed by atoms with Crippen LogP contribution in [0, 0.1) is 0 Å². The molecule has 0 radical (unpaired) electrons. The average molecular weight is 328 g/mol. The molecule has 1 aromatic rings. The first-order valence-electron chi connectivity index (χ1n) is 7.18. The number of ketones is 1. The van der Waals surface area contributed by atoms with Gasteiger partial charge >= 0.3 is 0 Å². The van der Waals surface area contributed by atoms with Gasteiger partial charge in [-0.1, -0.05) is 0 Å². The van der Waals surface area contributed by atoms with Crippen molar-refractivity contribution in [2.45, 2.75) is 37.1 Å². The van der Waals surface area contributed by atoms with Crippen LogP contribution in [-0.2, 0) is 9.47 Å². The van der Waals surface area contributed by atoms with Crippen LogP contribution >= 0.6 is 0 Å². The molecule has 128 valence electrons. The van der Waals surface area contributed by atoms with E-state index in [1.165, 1.54) is 24.3 Å². The van der Waals surface area contributed by atoms with Gasteiger partial charge in [-0.05, 0) is 24.3 Å². The Balaban J connectivity index is 1.85. The van der Waals surface area contributed by atoms with Gasteiger partial charge in [-0.25, -0.2) is 0 Å². The van der Waals surface area contributed by atoms with E-state index in [0.29, 0.717) is 5.56 Å². The Morgan fingerprint density at radius 1 is 1.09 bits per heavy atom. The molecule has 0 amide bonds. The van der Waals surface area contributed by atoms with Crippen LogP contribution in [0.3, 0.4) is 0 Å². The maximum atomic E-state index is 11.9. The minimum Gasteiger partial charge on any atom is -0.508 e. The molecule has 1 saturated heterocycles. The number of carbonyl (C=O) groups excluding carboxylic acids is 1. The standard InChI is InChI=1S/C15H20O8/c16-7-11-12(19)13(20)14(21)15(23-11)22-6-5-10(18)8-1-3-9(17)4-2-8/h1-4,11-17,19-21H,5-7H2/t11-,12-,13+,14-,15+/m1/s1. The lowest BCUT2D eigenvalue weighted by Crippen LogP contribution is -2.59. The predicted octanol–water partition coefficient (Wildman–Crippen LogP) is -1.22. The van der Waals surface area contributed by atoms with E-state index in [0.717, 1.165) is 0 Å². The molecule has 5 N–H and O–H groups in total. The van der Waals surface area contributed by atoms with Crippen molar-refractivity contribution in [1.82, 2.24) is 0 Å². The fourth-order valence-corrected chi connectivity index (χ4v) is 2.26. The van der Waals surface area contributed by atoms with E-state index in [1.54, 1.807) is 0 Å². The maximum Gasteiger partial charge on any atom is 0.186 e. The zero-order valence-electron chi connectivity index (χ0n) is 12.3. The number of Topliss-reactive ketones (excluding diaryl/α,β-unsaturated/α-hetero) is 1. The van der Waals surface area contributed by atoms with E-state index in [2.05, 4.69) is 0 Å². The number of carbonyl (C=O) groups is 1. The maximum absolute atomic E-state index is 11.9. The summed E-state index contributed by atoms with van der Waals surface area (Å²) < 4.78 is 10.4. The highest BCUT2D eigenvalue weighted by atomic mass is 16.7. The van der Waals surface area contributed by atoms with Crippen molar-refractivity contribution in [2.24, 2.45) is 0 Å². The van der Waals surface area contributed by atoms with Gasteiger partial charge in [0.25, 0.3) is 0 Å². The van der Waals surface area contributed by atoms with Crippen LogP contribution in [0.1, 0.15) is 16.8 Å². The smallest absolute Gasteiger partial charge is 0.186 e. The largest absolute Gasteiger partial charge is 0.508 e. The van der Waals surface area contributed by atoms with Gasteiger partial charge < -0.3 is 35.0 Å². The predicted molar refractivity (Wildman–Crippen MR) is 76.8 cm³/mol. The second-order valence-corrected chi connectivity index (χ2v) is 5.29. The molecular formula is C15H20O8. The van der Waals surface area contributed by atoms with Gasteiger partial charge in [0.05, 0.1) is 13.2 Å². The van der Waals surface area contributed by atoms with Gasteiger partial charge in [-0.2, -0.15) is 0 Å². The molecule has 1 heterocycles. The number of rotatable bonds is 6. The number of ether oxygens (including phenoxy) is 2. The summed E-state index contributed by atoms with van der Waals surface area (Å²) in [6.07, 6.45) is -6.76. The minimum absolute atomic E-state index is 0.000203. The van der Waals surface area contributed by atoms with Crippen molar-refractivity contribution in [3.05, 3.63) is 29.8 Å². The molecule has 0 spiro atoms. The zero-order valence-corrected chi connectivity index (χ0v) is 12.3. The molecule has 0 saturated carbocycles. The van der Waals surface area contributed by atoms with Crippen LogP contribution in [0.15, 0.2) is 24.3 Å². The molecule has 0 unspecified atom stereocenters. The van der Waals surface area contributed by atoms with Gasteiger partial charge in [-0.15, -0.1) is 0 Å². The highest BCUT2D eigenvalue weighted by molar-refractivity contribution is 5.96. The molecule has 0 aromatic heterocycles. The number of hydrogen-bond acceptors (Lipinski definition) is 8. The van der Waals surface area contributed by atoms with E-state index in [4.69, 9.17) is 19.7 Å². The number of aromatic hydroxyl groups is 1. The monoisotopic (exact) mass is 328 g/mol. The third-order valence-corrected chi connectivity index (χ3v) is 3.65. The Hall–Kier alpha value is -1.55. The Morgan fingerprint density at radius 3 is 2.35 bits per heavy atom. The van der Waals surface area contributed by atoms with E-state index < -0.39 is 37.3 Å². The van der Waals surface area contributed by atoms with Crippen LogP contribution in [0.25, 0.3) is 0 Å². The molecule has 1 aliphatic heterocycles. The SMILES string of the molecule is O=C(CCO[C@H]1O[C@H](CO)[C@@H](O)[C@H](O)[C@H]1O)c1ccc(O)cc1. The van der Waals surface area contributed by atoms with Gasteiger partial charge in [0.15, 0.2) is 12.1 Å². The molecule has 8 nitrogen and oxygen atoms in total. The van der Waals surface area contributed by atoms with Crippen molar-refractivity contribution in [1.29, 1.82) is 0 Å². The number of hydrogen-bond donors (Lipinski definition) is 5. The Bertz CT molecular complexity index is 515. The molecule has 23 heavy (non-hydrogen) atoms. The molecule has 5 atom stereocenters. The summed E-state index contributed by atoms with van der Waals surface area (Å²) in [6.45, 7) is -0.625. The second-order valence-electron chi connectivity index (χ2n) is 5.29. The summed E-state index contributed by atoms with van der Waals surface area (Å²) in [4.78, 5) is 11.9. The lowest BCUT2D eigenvalue weighted by Gasteiger charge is -2.39. The number of aliphatic hydroxyl groups excluding tert-OH is 4. The van der Waals surface area contributed by atoms with Crippen LogP contribution in [0.2, 0.25) is 0 Å². The summed E-state index contributed by atoms with van der Waals surface area (Å²) in [6, 6.07) is 5.74. The van der Waals surface area contributed by atoms with Crippen LogP contribution < -0.4 is 0 Å². The fraction of sp³-hybridized carbons (Fsp3) is 0.533. The first-order chi connectivity index (χ1) is 10.9. The number of phenolic OH excluding ortho intramolecular Hbond substituents is 1. The first kappa shape index (κ1) is 17.8. The van der Waals surface area contributed by atoms with Crippen LogP contribution in [-0.4, -0.2) is 75.2 Å². The van der Waals surface area contributed by atoms with Crippen molar-refractivity contribution in [3.63, 3.8) is 0 Å². The second kappa shape index (κ2) is 7.82. The molecule has 1 aromatic carbocycles. The van der Waals surface area contributed by atoms with E-state index >= 15 is 0 Å². The topological polar surface area (TPSA) is 137 Å². The molecular weight excluding hydrogens is 308 g/mol. The summed E-state index contributed by atoms with van der Waals surface area (Å²) in [5.74, 6) is -0.172. The lowest BCUT2D eigenvalue weighted by atomic mass is 9.99. The molecule has 8 heteroatoms. The number of benzene rings is 1. The summed E-state index contributed by atoms with van der Waals surface area (Å²) >= 11 is 0. The Labute approximate surface area is 132 Å². The van der Waals surface area contributed by atoms with E-state index in [1.807, 2.05) is 0 Å².